The lowest BCUT2D eigenvalue weighted by Gasteiger charge is -2.26. The highest BCUT2D eigenvalue weighted by molar-refractivity contribution is 6.40. The molecule has 2 rings (SSSR count). The fraction of sp³-hybridized carbons (Fsp3) is 0.444. The zero-order valence-electron chi connectivity index (χ0n) is 19.1. The van der Waals surface area contributed by atoms with Gasteiger partial charge in [-0.2, -0.15) is 0 Å². The van der Waals surface area contributed by atoms with Gasteiger partial charge in [0.25, 0.3) is 5.78 Å². The van der Waals surface area contributed by atoms with Gasteiger partial charge < -0.3 is 9.47 Å². The SMILES string of the molecule is CCCCC(COC(=O)C(=O)c1ccccc1)C(CCCC)COC(=O)c1ccccc1. The number of hydrogen-bond donors (Lipinski definition) is 0. The van der Waals surface area contributed by atoms with Crippen LogP contribution in [-0.4, -0.2) is 30.9 Å². The van der Waals surface area contributed by atoms with Gasteiger partial charge in [0.15, 0.2) is 0 Å². The lowest BCUT2D eigenvalue weighted by atomic mass is 9.85. The molecule has 0 aliphatic carbocycles. The minimum atomic E-state index is -0.840. The number of esters is 2. The highest BCUT2D eigenvalue weighted by Crippen LogP contribution is 2.26. The van der Waals surface area contributed by atoms with E-state index in [9.17, 15) is 14.4 Å². The van der Waals surface area contributed by atoms with Crippen molar-refractivity contribution in [1.82, 2.24) is 0 Å². The second-order valence-corrected chi connectivity index (χ2v) is 8.06. The van der Waals surface area contributed by atoms with Crippen LogP contribution in [-0.2, 0) is 14.3 Å². The molecule has 0 radical (unpaired) electrons. The molecular formula is C27H34O5. The summed E-state index contributed by atoms with van der Waals surface area (Å²) < 4.78 is 11.1. The van der Waals surface area contributed by atoms with Gasteiger partial charge in [0.2, 0.25) is 0 Å². The summed E-state index contributed by atoms with van der Waals surface area (Å²) in [5.41, 5.74) is 0.841. The molecule has 0 fully saturated rings. The summed E-state index contributed by atoms with van der Waals surface area (Å²) in [5, 5.41) is 0. The summed E-state index contributed by atoms with van der Waals surface area (Å²) in [6.07, 6.45) is 5.72. The summed E-state index contributed by atoms with van der Waals surface area (Å²) >= 11 is 0. The normalized spacial score (nSPS) is 12.6. The van der Waals surface area contributed by atoms with Crippen LogP contribution in [0.1, 0.15) is 73.1 Å². The molecule has 2 atom stereocenters. The highest BCUT2D eigenvalue weighted by atomic mass is 16.5. The van der Waals surface area contributed by atoms with Crippen molar-refractivity contribution in [2.24, 2.45) is 11.8 Å². The summed E-state index contributed by atoms with van der Waals surface area (Å²) in [6, 6.07) is 17.3. The number of rotatable bonds is 14. The number of benzene rings is 2. The molecule has 0 saturated carbocycles. The third-order valence-electron chi connectivity index (χ3n) is 5.61. The number of hydrogen-bond acceptors (Lipinski definition) is 5. The minimum absolute atomic E-state index is 0.0256. The lowest BCUT2D eigenvalue weighted by molar-refractivity contribution is -0.140. The molecule has 0 amide bonds. The average Bonchev–Trinajstić information content (AvgIpc) is 2.84. The second kappa shape index (κ2) is 14.2. The first-order valence-electron chi connectivity index (χ1n) is 11.5. The maximum Gasteiger partial charge on any atom is 0.379 e. The van der Waals surface area contributed by atoms with Gasteiger partial charge in [-0.1, -0.05) is 88.1 Å². The predicted octanol–water partition coefficient (Wildman–Crippen LogP) is 5.88. The zero-order chi connectivity index (χ0) is 23.2. The molecule has 0 spiro atoms. The molecule has 0 saturated heterocycles. The van der Waals surface area contributed by atoms with Crippen molar-refractivity contribution in [2.75, 3.05) is 13.2 Å². The number of Topliss-reactive ketones (excluding diaryl/α,β-unsaturated/α-hetero) is 1. The van der Waals surface area contributed by atoms with Crippen LogP contribution in [0.15, 0.2) is 60.7 Å². The first kappa shape index (κ1) is 25.3. The maximum atomic E-state index is 12.4. The standard InChI is InChI=1S/C27H34O5/c1-3-5-13-23(19-31-26(29)22-17-11-8-12-18-22)24(14-6-4-2)20-32-27(30)25(28)21-15-9-7-10-16-21/h7-12,15-18,23-24H,3-6,13-14,19-20H2,1-2H3. The number of carbonyl (C=O) groups excluding carboxylic acids is 3. The quantitative estimate of drug-likeness (QED) is 0.209. The first-order valence-corrected chi connectivity index (χ1v) is 11.5. The van der Waals surface area contributed by atoms with E-state index in [0.29, 0.717) is 11.1 Å². The Morgan fingerprint density at radius 3 is 1.66 bits per heavy atom. The van der Waals surface area contributed by atoms with Crippen molar-refractivity contribution in [3.63, 3.8) is 0 Å². The van der Waals surface area contributed by atoms with Crippen molar-refractivity contribution < 1.29 is 23.9 Å². The molecule has 5 heteroatoms. The molecule has 32 heavy (non-hydrogen) atoms. The maximum absolute atomic E-state index is 12.4. The molecule has 2 unspecified atom stereocenters. The van der Waals surface area contributed by atoms with E-state index >= 15 is 0 Å². The molecule has 5 nitrogen and oxygen atoms in total. The Kier molecular flexibility index (Phi) is 11.2. The first-order chi connectivity index (χ1) is 15.6. The average molecular weight is 439 g/mol. The molecule has 0 aliphatic heterocycles. The molecule has 0 aliphatic rings. The van der Waals surface area contributed by atoms with Crippen LogP contribution in [0.2, 0.25) is 0 Å². The smallest absolute Gasteiger partial charge is 0.379 e. The van der Waals surface area contributed by atoms with E-state index in [1.165, 1.54) is 0 Å². The Labute approximate surface area is 191 Å². The number of ether oxygens (including phenoxy) is 2. The van der Waals surface area contributed by atoms with E-state index in [4.69, 9.17) is 9.47 Å². The molecule has 0 bridgehead atoms. The third kappa shape index (κ3) is 8.29. The third-order valence-corrected chi connectivity index (χ3v) is 5.61. The summed E-state index contributed by atoms with van der Waals surface area (Å²) in [4.78, 5) is 37.1. The molecule has 2 aromatic rings. The van der Waals surface area contributed by atoms with E-state index in [0.717, 1.165) is 38.5 Å². The van der Waals surface area contributed by atoms with E-state index < -0.39 is 11.8 Å². The van der Waals surface area contributed by atoms with Gasteiger partial charge >= 0.3 is 11.9 Å². The largest absolute Gasteiger partial charge is 0.462 e. The van der Waals surface area contributed by atoms with Crippen LogP contribution in [0.25, 0.3) is 0 Å². The van der Waals surface area contributed by atoms with Crippen molar-refractivity contribution in [3.8, 4) is 0 Å². The summed E-state index contributed by atoms with van der Waals surface area (Å²) in [5.74, 6) is -1.74. The highest BCUT2D eigenvalue weighted by Gasteiger charge is 2.26. The molecule has 0 heterocycles. The fourth-order valence-electron chi connectivity index (χ4n) is 3.64. The lowest BCUT2D eigenvalue weighted by Crippen LogP contribution is -2.29. The minimum Gasteiger partial charge on any atom is -0.462 e. The second-order valence-electron chi connectivity index (χ2n) is 8.06. The monoisotopic (exact) mass is 438 g/mol. The van der Waals surface area contributed by atoms with E-state index in [-0.39, 0.29) is 31.0 Å². The van der Waals surface area contributed by atoms with Gasteiger partial charge in [0.1, 0.15) is 0 Å². The Hall–Kier alpha value is -2.95. The van der Waals surface area contributed by atoms with Crippen LogP contribution >= 0.6 is 0 Å². The Morgan fingerprint density at radius 1 is 0.688 bits per heavy atom. The van der Waals surface area contributed by atoms with Crippen molar-refractivity contribution in [2.45, 2.75) is 52.4 Å². The van der Waals surface area contributed by atoms with Gasteiger partial charge in [0, 0.05) is 5.56 Å². The van der Waals surface area contributed by atoms with Crippen molar-refractivity contribution in [1.29, 1.82) is 0 Å². The van der Waals surface area contributed by atoms with Gasteiger partial charge in [-0.05, 0) is 36.8 Å². The van der Waals surface area contributed by atoms with Gasteiger partial charge in [0.05, 0.1) is 18.8 Å². The number of carbonyl (C=O) groups is 3. The summed E-state index contributed by atoms with van der Waals surface area (Å²) in [7, 11) is 0. The molecule has 2 aromatic carbocycles. The van der Waals surface area contributed by atoms with Gasteiger partial charge in [-0.25, -0.2) is 9.59 Å². The number of unbranched alkanes of at least 4 members (excludes halogenated alkanes) is 2. The number of ketones is 1. The fourth-order valence-corrected chi connectivity index (χ4v) is 3.64. The van der Waals surface area contributed by atoms with Crippen LogP contribution < -0.4 is 0 Å². The summed E-state index contributed by atoms with van der Waals surface area (Å²) in [6.45, 7) is 4.64. The molecule has 0 aromatic heterocycles. The predicted molar refractivity (Wildman–Crippen MR) is 124 cm³/mol. The van der Waals surface area contributed by atoms with E-state index in [2.05, 4.69) is 13.8 Å². The van der Waals surface area contributed by atoms with Gasteiger partial charge in [-0.3, -0.25) is 4.79 Å². The van der Waals surface area contributed by atoms with Crippen LogP contribution in [0, 0.1) is 11.8 Å². The Bertz CT molecular complexity index is 832. The molecular weight excluding hydrogens is 404 g/mol. The molecule has 0 N–H and O–H groups in total. The zero-order valence-corrected chi connectivity index (χ0v) is 19.1. The van der Waals surface area contributed by atoms with Crippen LogP contribution in [0.3, 0.4) is 0 Å². The van der Waals surface area contributed by atoms with Crippen molar-refractivity contribution in [3.05, 3.63) is 71.8 Å². The Balaban J connectivity index is 2.02. The molecule has 172 valence electrons. The van der Waals surface area contributed by atoms with Gasteiger partial charge in [-0.15, -0.1) is 0 Å². The van der Waals surface area contributed by atoms with E-state index in [1.807, 2.05) is 6.07 Å². The Morgan fingerprint density at radius 2 is 1.16 bits per heavy atom. The van der Waals surface area contributed by atoms with E-state index in [1.54, 1.807) is 54.6 Å². The van der Waals surface area contributed by atoms with Crippen LogP contribution in [0.4, 0.5) is 0 Å². The van der Waals surface area contributed by atoms with Crippen molar-refractivity contribution >= 4 is 17.7 Å². The van der Waals surface area contributed by atoms with Crippen LogP contribution in [0.5, 0.6) is 0 Å². The topological polar surface area (TPSA) is 69.7 Å².